The number of cyclic esters (lactones) is 1. The van der Waals surface area contributed by atoms with E-state index < -0.39 is 12.1 Å². The van der Waals surface area contributed by atoms with Gasteiger partial charge in [0.05, 0.1) is 11.3 Å². The van der Waals surface area contributed by atoms with Crippen molar-refractivity contribution >= 4 is 17.6 Å². The van der Waals surface area contributed by atoms with Crippen LogP contribution in [0.15, 0.2) is 55.0 Å². The first kappa shape index (κ1) is 16.0. The number of benzene rings is 1. The minimum absolute atomic E-state index is 0.341. The Morgan fingerprint density at radius 2 is 2.04 bits per heavy atom. The normalized spacial score (nSPS) is 15.9. The van der Waals surface area contributed by atoms with Crippen molar-refractivity contribution in [3.05, 3.63) is 71.9 Å². The van der Waals surface area contributed by atoms with E-state index >= 15 is 0 Å². The monoisotopic (exact) mass is 348 g/mol. The van der Waals surface area contributed by atoms with Crippen LogP contribution in [-0.4, -0.2) is 32.5 Å². The predicted octanol–water partition coefficient (Wildman–Crippen LogP) is 2.30. The molecule has 26 heavy (non-hydrogen) atoms. The van der Waals surface area contributed by atoms with Crippen LogP contribution in [-0.2, 0) is 16.0 Å². The summed E-state index contributed by atoms with van der Waals surface area (Å²) in [7, 11) is 0. The summed E-state index contributed by atoms with van der Waals surface area (Å²) in [6, 6.07) is 10.6. The molecule has 3 heterocycles. The van der Waals surface area contributed by atoms with Gasteiger partial charge in [-0.1, -0.05) is 18.2 Å². The fraction of sp³-hybridized carbons (Fsp3) is 0.158. The third kappa shape index (κ3) is 2.83. The first-order valence-corrected chi connectivity index (χ1v) is 8.18. The number of aryl methyl sites for hydroxylation is 1. The number of hydrogen-bond acceptors (Lipinski definition) is 5. The molecule has 0 aliphatic carbocycles. The molecular formula is C19H16N4O3. The number of aromatic nitrogens is 3. The van der Waals surface area contributed by atoms with Gasteiger partial charge in [-0.05, 0) is 30.7 Å². The molecule has 130 valence electrons. The largest absolute Gasteiger partial charge is 0.448 e. The van der Waals surface area contributed by atoms with Gasteiger partial charge >= 0.3 is 5.97 Å². The van der Waals surface area contributed by atoms with Crippen molar-refractivity contribution in [2.45, 2.75) is 19.4 Å². The van der Waals surface area contributed by atoms with E-state index in [0.29, 0.717) is 23.5 Å². The smallest absolute Gasteiger partial charge is 0.339 e. The van der Waals surface area contributed by atoms with E-state index in [1.54, 1.807) is 47.4 Å². The van der Waals surface area contributed by atoms with E-state index in [2.05, 4.69) is 15.3 Å². The molecule has 0 bridgehead atoms. The van der Waals surface area contributed by atoms with Gasteiger partial charge in [0.1, 0.15) is 5.82 Å². The first-order chi connectivity index (χ1) is 12.6. The maximum Gasteiger partial charge on any atom is 0.339 e. The van der Waals surface area contributed by atoms with Gasteiger partial charge in [-0.3, -0.25) is 9.36 Å². The summed E-state index contributed by atoms with van der Waals surface area (Å²) >= 11 is 0. The van der Waals surface area contributed by atoms with Crippen LogP contribution in [0.3, 0.4) is 0 Å². The number of hydrogen-bond donors (Lipinski definition) is 1. The number of rotatable bonds is 3. The number of esters is 1. The molecule has 1 aliphatic rings. The van der Waals surface area contributed by atoms with Gasteiger partial charge in [-0.25, -0.2) is 14.8 Å². The maximum atomic E-state index is 12.7. The minimum atomic E-state index is -0.880. The van der Waals surface area contributed by atoms with Crippen LogP contribution in [0.4, 0.5) is 5.69 Å². The van der Waals surface area contributed by atoms with Crippen molar-refractivity contribution in [1.29, 1.82) is 0 Å². The molecule has 0 radical (unpaired) electrons. The average molecular weight is 348 g/mol. The van der Waals surface area contributed by atoms with Gasteiger partial charge in [-0.15, -0.1) is 0 Å². The lowest BCUT2D eigenvalue weighted by Crippen LogP contribution is -2.38. The Balaban J connectivity index is 1.59. The van der Waals surface area contributed by atoms with E-state index in [-0.39, 0.29) is 5.91 Å². The zero-order chi connectivity index (χ0) is 18.1. The summed E-state index contributed by atoms with van der Waals surface area (Å²) in [5, 5.41) is 2.82. The molecule has 0 fully saturated rings. The zero-order valence-corrected chi connectivity index (χ0v) is 14.0. The number of imidazole rings is 1. The summed E-state index contributed by atoms with van der Waals surface area (Å²) < 4.78 is 7.09. The molecule has 1 atom stereocenters. The fourth-order valence-corrected chi connectivity index (χ4v) is 2.98. The van der Waals surface area contributed by atoms with Gasteiger partial charge in [0.2, 0.25) is 0 Å². The van der Waals surface area contributed by atoms with Crippen LogP contribution < -0.4 is 5.32 Å². The van der Waals surface area contributed by atoms with Crippen LogP contribution in [0, 0.1) is 6.92 Å². The van der Waals surface area contributed by atoms with Crippen molar-refractivity contribution in [2.24, 2.45) is 0 Å². The second-order valence-corrected chi connectivity index (χ2v) is 5.96. The molecule has 1 aromatic carbocycles. The molecule has 7 heteroatoms. The Labute approximate surface area is 149 Å². The van der Waals surface area contributed by atoms with Crippen LogP contribution in [0.25, 0.3) is 5.82 Å². The Morgan fingerprint density at radius 3 is 2.85 bits per heavy atom. The van der Waals surface area contributed by atoms with Crippen molar-refractivity contribution in [1.82, 2.24) is 14.5 Å². The highest BCUT2D eigenvalue weighted by Crippen LogP contribution is 2.23. The van der Waals surface area contributed by atoms with Gasteiger partial charge in [0.25, 0.3) is 5.91 Å². The summed E-state index contributed by atoms with van der Waals surface area (Å²) in [5.41, 5.74) is 1.84. The first-order valence-electron chi connectivity index (χ1n) is 8.18. The number of carbonyl (C=O) groups is 2. The fourth-order valence-electron chi connectivity index (χ4n) is 2.98. The Hall–Kier alpha value is -3.48. The summed E-state index contributed by atoms with van der Waals surface area (Å²) in [4.78, 5) is 33.3. The second-order valence-electron chi connectivity index (χ2n) is 5.96. The van der Waals surface area contributed by atoms with E-state index in [0.717, 1.165) is 11.4 Å². The number of nitrogens with one attached hydrogen (secondary N) is 1. The second kappa shape index (κ2) is 6.44. The summed E-state index contributed by atoms with van der Waals surface area (Å²) in [5.74, 6) is 0.430. The zero-order valence-electron chi connectivity index (χ0n) is 14.0. The Kier molecular flexibility index (Phi) is 3.96. The Bertz CT molecular complexity index is 996. The lowest BCUT2D eigenvalue weighted by molar-refractivity contribution is -0.125. The SMILES string of the molecule is Cc1nccn1-c1ncccc1NC(=O)C1Cc2ccccc2C(=O)O1. The van der Waals surface area contributed by atoms with Crippen LogP contribution in [0.2, 0.25) is 0 Å². The average Bonchev–Trinajstić information content (AvgIpc) is 3.08. The standard InChI is InChI=1S/C19H16N4O3/c1-12-20-9-10-23(12)17-15(7-4-8-21-17)22-18(24)16-11-13-5-2-3-6-14(13)19(25)26-16/h2-10,16H,11H2,1H3,(H,22,24). The van der Waals surface area contributed by atoms with Crippen molar-refractivity contribution < 1.29 is 14.3 Å². The van der Waals surface area contributed by atoms with Crippen LogP contribution >= 0.6 is 0 Å². The van der Waals surface area contributed by atoms with E-state index in [9.17, 15) is 9.59 Å². The quantitative estimate of drug-likeness (QED) is 0.734. The van der Waals surface area contributed by atoms with E-state index in [1.165, 1.54) is 0 Å². The number of carbonyl (C=O) groups excluding carboxylic acids is 2. The Morgan fingerprint density at radius 1 is 1.19 bits per heavy atom. The molecule has 1 unspecified atom stereocenters. The molecule has 7 nitrogen and oxygen atoms in total. The van der Waals surface area contributed by atoms with Gasteiger partial charge in [0.15, 0.2) is 11.9 Å². The maximum absolute atomic E-state index is 12.7. The van der Waals surface area contributed by atoms with E-state index in [4.69, 9.17) is 4.74 Å². The van der Waals surface area contributed by atoms with Gasteiger partial charge in [-0.2, -0.15) is 0 Å². The minimum Gasteiger partial charge on any atom is -0.448 e. The molecule has 0 saturated carbocycles. The molecule has 0 spiro atoms. The van der Waals surface area contributed by atoms with Gasteiger partial charge in [0, 0.05) is 25.0 Å². The lowest BCUT2D eigenvalue weighted by atomic mass is 9.98. The van der Waals surface area contributed by atoms with Crippen molar-refractivity contribution in [3.8, 4) is 5.82 Å². The molecule has 0 saturated heterocycles. The van der Waals surface area contributed by atoms with Crippen LogP contribution in [0.1, 0.15) is 21.7 Å². The number of fused-ring (bicyclic) bond motifs is 1. The van der Waals surface area contributed by atoms with E-state index in [1.807, 2.05) is 19.1 Å². The van der Waals surface area contributed by atoms with Crippen LogP contribution in [0.5, 0.6) is 0 Å². The highest BCUT2D eigenvalue weighted by Gasteiger charge is 2.31. The highest BCUT2D eigenvalue weighted by molar-refractivity contribution is 6.00. The molecule has 1 N–H and O–H groups in total. The molecule has 1 aliphatic heterocycles. The summed E-state index contributed by atoms with van der Waals surface area (Å²) in [6.07, 6.45) is 4.53. The summed E-state index contributed by atoms with van der Waals surface area (Å²) in [6.45, 7) is 1.85. The van der Waals surface area contributed by atoms with Crippen molar-refractivity contribution in [3.63, 3.8) is 0 Å². The third-order valence-corrected chi connectivity index (χ3v) is 4.28. The molecule has 3 aromatic rings. The molecule has 4 rings (SSSR count). The third-order valence-electron chi connectivity index (χ3n) is 4.28. The molecule has 2 aromatic heterocycles. The molecule has 1 amide bonds. The predicted molar refractivity (Wildman–Crippen MR) is 94.1 cm³/mol. The number of nitrogens with zero attached hydrogens (tertiary/aromatic N) is 3. The molecular weight excluding hydrogens is 332 g/mol. The van der Waals surface area contributed by atoms with Crippen molar-refractivity contribution in [2.75, 3.05) is 5.32 Å². The number of anilines is 1. The number of ether oxygens (including phenoxy) is 1. The lowest BCUT2D eigenvalue weighted by Gasteiger charge is -2.24. The van der Waals surface area contributed by atoms with Gasteiger partial charge < -0.3 is 10.1 Å². The topological polar surface area (TPSA) is 86.1 Å². The number of amides is 1. The number of pyridine rings is 1. The highest BCUT2D eigenvalue weighted by atomic mass is 16.5.